The third-order valence-electron chi connectivity index (χ3n) is 2.71. The van der Waals surface area contributed by atoms with Crippen LogP contribution in [0.15, 0.2) is 47.1 Å². The van der Waals surface area contributed by atoms with Crippen molar-refractivity contribution in [3.63, 3.8) is 0 Å². The fraction of sp³-hybridized carbons (Fsp3) is 0. The zero-order chi connectivity index (χ0) is 14.1. The first-order valence-electron chi connectivity index (χ1n) is 5.66. The van der Waals surface area contributed by atoms with Crippen LogP contribution < -0.4 is 0 Å². The lowest BCUT2D eigenvalue weighted by Crippen LogP contribution is -2.03. The van der Waals surface area contributed by atoms with Gasteiger partial charge in [0.25, 0.3) is 0 Å². The molecule has 0 aliphatic rings. The summed E-state index contributed by atoms with van der Waals surface area (Å²) in [7, 11) is 0. The summed E-state index contributed by atoms with van der Waals surface area (Å²) < 4.78 is 6.62. The predicted octanol–water partition coefficient (Wildman–Crippen LogP) is 2.88. The van der Waals surface area contributed by atoms with Crippen molar-refractivity contribution in [3.8, 4) is 17.1 Å². The average Bonchev–Trinajstić information content (AvgIpc) is 3.07. The smallest absolute Gasteiger partial charge is 0.358 e. The summed E-state index contributed by atoms with van der Waals surface area (Å²) >= 11 is 6.11. The SMILES string of the molecule is O=C(O)c1nnn(-c2ccccc2Cl)c1-c1ccco1. The number of aromatic nitrogens is 3. The molecule has 0 bridgehead atoms. The van der Waals surface area contributed by atoms with Crippen LogP contribution in [0.4, 0.5) is 0 Å². The fourth-order valence-corrected chi connectivity index (χ4v) is 2.07. The molecule has 0 spiro atoms. The number of furan rings is 1. The third kappa shape index (κ3) is 1.96. The minimum atomic E-state index is -1.19. The molecule has 2 aromatic heterocycles. The standard InChI is InChI=1S/C13H8ClN3O3/c14-8-4-1-2-5-9(8)17-12(10-6-3-7-20-10)11(13(18)19)15-16-17/h1-7H,(H,18,19). The summed E-state index contributed by atoms with van der Waals surface area (Å²) in [6, 6.07) is 10.2. The Morgan fingerprint density at radius 2 is 2.05 bits per heavy atom. The van der Waals surface area contributed by atoms with Gasteiger partial charge in [-0.05, 0) is 24.3 Å². The van der Waals surface area contributed by atoms with Crippen LogP contribution >= 0.6 is 11.6 Å². The molecule has 0 aliphatic carbocycles. The zero-order valence-electron chi connectivity index (χ0n) is 10.0. The Hall–Kier alpha value is -2.60. The Morgan fingerprint density at radius 1 is 1.25 bits per heavy atom. The van der Waals surface area contributed by atoms with Gasteiger partial charge < -0.3 is 9.52 Å². The van der Waals surface area contributed by atoms with Gasteiger partial charge in [0.2, 0.25) is 5.69 Å². The van der Waals surface area contributed by atoms with E-state index in [1.807, 2.05) is 0 Å². The molecule has 3 rings (SSSR count). The van der Waals surface area contributed by atoms with Gasteiger partial charge in [-0.1, -0.05) is 28.9 Å². The molecule has 1 N–H and O–H groups in total. The van der Waals surface area contributed by atoms with E-state index in [-0.39, 0.29) is 11.4 Å². The van der Waals surface area contributed by atoms with Crippen LogP contribution in [-0.4, -0.2) is 26.1 Å². The molecule has 0 radical (unpaired) electrons. The highest BCUT2D eigenvalue weighted by Crippen LogP contribution is 2.28. The van der Waals surface area contributed by atoms with Crippen LogP contribution in [0.25, 0.3) is 17.1 Å². The number of carbonyl (C=O) groups is 1. The summed E-state index contributed by atoms with van der Waals surface area (Å²) in [6.45, 7) is 0. The Labute approximate surface area is 118 Å². The maximum atomic E-state index is 11.3. The Bertz CT molecular complexity index is 765. The molecule has 100 valence electrons. The second-order valence-corrected chi connectivity index (χ2v) is 4.34. The average molecular weight is 290 g/mol. The Balaban J connectivity index is 2.28. The first-order chi connectivity index (χ1) is 9.68. The Kier molecular flexibility index (Phi) is 3.00. The normalized spacial score (nSPS) is 10.7. The van der Waals surface area contributed by atoms with E-state index in [9.17, 15) is 9.90 Å². The second kappa shape index (κ2) is 4.82. The number of para-hydroxylation sites is 1. The minimum Gasteiger partial charge on any atom is -0.476 e. The molecule has 0 aliphatic heterocycles. The van der Waals surface area contributed by atoms with Gasteiger partial charge in [-0.2, -0.15) is 0 Å². The van der Waals surface area contributed by atoms with Gasteiger partial charge in [-0.15, -0.1) is 5.10 Å². The highest BCUT2D eigenvalue weighted by Gasteiger charge is 2.24. The second-order valence-electron chi connectivity index (χ2n) is 3.93. The quantitative estimate of drug-likeness (QED) is 0.802. The lowest BCUT2D eigenvalue weighted by Gasteiger charge is -2.06. The number of nitrogens with zero attached hydrogens (tertiary/aromatic N) is 3. The fourth-order valence-electron chi connectivity index (χ4n) is 1.85. The zero-order valence-corrected chi connectivity index (χ0v) is 10.8. The van der Waals surface area contributed by atoms with E-state index in [0.717, 1.165) is 0 Å². The van der Waals surface area contributed by atoms with E-state index >= 15 is 0 Å². The topological polar surface area (TPSA) is 81.1 Å². The van der Waals surface area contributed by atoms with Crippen LogP contribution in [0.2, 0.25) is 5.02 Å². The summed E-state index contributed by atoms with van der Waals surface area (Å²) in [6.07, 6.45) is 1.45. The molecular weight excluding hydrogens is 282 g/mol. The molecule has 6 nitrogen and oxygen atoms in total. The van der Waals surface area contributed by atoms with Crippen LogP contribution in [0, 0.1) is 0 Å². The van der Waals surface area contributed by atoms with Crippen molar-refractivity contribution in [3.05, 3.63) is 53.4 Å². The summed E-state index contributed by atoms with van der Waals surface area (Å²) in [5.74, 6) is -0.831. The highest BCUT2D eigenvalue weighted by molar-refractivity contribution is 6.32. The van der Waals surface area contributed by atoms with Crippen LogP contribution in [0.1, 0.15) is 10.5 Å². The number of carboxylic acid groups (broad SMARTS) is 1. The summed E-state index contributed by atoms with van der Waals surface area (Å²) in [5, 5.41) is 17.2. The van der Waals surface area contributed by atoms with E-state index in [1.165, 1.54) is 10.9 Å². The first kappa shape index (κ1) is 12.4. The van der Waals surface area contributed by atoms with Crippen LogP contribution in [0.5, 0.6) is 0 Å². The molecule has 0 atom stereocenters. The van der Waals surface area contributed by atoms with E-state index in [1.54, 1.807) is 36.4 Å². The largest absolute Gasteiger partial charge is 0.476 e. The van der Waals surface area contributed by atoms with Gasteiger partial charge in [0, 0.05) is 0 Å². The molecule has 0 amide bonds. The molecule has 0 fully saturated rings. The van der Waals surface area contributed by atoms with Crippen molar-refractivity contribution in [2.45, 2.75) is 0 Å². The number of benzene rings is 1. The molecule has 3 aromatic rings. The molecule has 20 heavy (non-hydrogen) atoms. The number of hydrogen-bond acceptors (Lipinski definition) is 4. The minimum absolute atomic E-state index is 0.195. The van der Waals surface area contributed by atoms with Crippen molar-refractivity contribution >= 4 is 17.6 Å². The first-order valence-corrected chi connectivity index (χ1v) is 6.04. The van der Waals surface area contributed by atoms with Gasteiger partial charge in [0.1, 0.15) is 5.69 Å². The van der Waals surface area contributed by atoms with Crippen molar-refractivity contribution in [1.29, 1.82) is 0 Å². The predicted molar refractivity (Wildman–Crippen MR) is 71.0 cm³/mol. The molecule has 1 aromatic carbocycles. The van der Waals surface area contributed by atoms with Gasteiger partial charge in [-0.3, -0.25) is 0 Å². The summed E-state index contributed by atoms with van der Waals surface area (Å²) in [4.78, 5) is 11.3. The molecule has 0 saturated carbocycles. The van der Waals surface area contributed by atoms with Gasteiger partial charge in [0.05, 0.1) is 17.0 Å². The third-order valence-corrected chi connectivity index (χ3v) is 3.03. The maximum absolute atomic E-state index is 11.3. The molecule has 0 unspecified atom stereocenters. The Morgan fingerprint density at radius 3 is 2.70 bits per heavy atom. The van der Waals surface area contributed by atoms with Crippen molar-refractivity contribution in [2.75, 3.05) is 0 Å². The molecule has 0 saturated heterocycles. The molecular formula is C13H8ClN3O3. The maximum Gasteiger partial charge on any atom is 0.358 e. The van der Waals surface area contributed by atoms with Crippen LogP contribution in [0.3, 0.4) is 0 Å². The number of hydrogen-bond donors (Lipinski definition) is 1. The number of halogens is 1. The van der Waals surface area contributed by atoms with Crippen molar-refractivity contribution in [2.24, 2.45) is 0 Å². The van der Waals surface area contributed by atoms with Crippen molar-refractivity contribution < 1.29 is 14.3 Å². The highest BCUT2D eigenvalue weighted by atomic mass is 35.5. The monoisotopic (exact) mass is 289 g/mol. The van der Waals surface area contributed by atoms with Gasteiger partial charge in [-0.25, -0.2) is 9.48 Å². The van der Waals surface area contributed by atoms with E-state index in [0.29, 0.717) is 16.5 Å². The number of rotatable bonds is 3. The van der Waals surface area contributed by atoms with Gasteiger partial charge in [0.15, 0.2) is 5.76 Å². The van der Waals surface area contributed by atoms with E-state index in [2.05, 4.69) is 10.3 Å². The molecule has 2 heterocycles. The lowest BCUT2D eigenvalue weighted by atomic mass is 10.2. The summed E-state index contributed by atoms with van der Waals surface area (Å²) in [5.41, 5.74) is 0.580. The van der Waals surface area contributed by atoms with E-state index in [4.69, 9.17) is 16.0 Å². The number of carboxylic acids is 1. The molecule has 7 heteroatoms. The van der Waals surface area contributed by atoms with Gasteiger partial charge >= 0.3 is 5.97 Å². The number of aromatic carboxylic acids is 1. The van der Waals surface area contributed by atoms with Crippen molar-refractivity contribution in [1.82, 2.24) is 15.0 Å². The van der Waals surface area contributed by atoms with Crippen LogP contribution in [-0.2, 0) is 0 Å². The lowest BCUT2D eigenvalue weighted by molar-refractivity contribution is 0.0691. The van der Waals surface area contributed by atoms with E-state index < -0.39 is 5.97 Å².